The van der Waals surface area contributed by atoms with Gasteiger partial charge in [-0.05, 0) is 74.0 Å². The third-order valence-electron chi connectivity index (χ3n) is 6.28. The Morgan fingerprint density at radius 3 is 2.39 bits per heavy atom. The lowest BCUT2D eigenvalue weighted by Crippen LogP contribution is -2.35. The molecule has 0 radical (unpaired) electrons. The average Bonchev–Trinajstić information content (AvgIpc) is 2.94. The molecule has 1 heterocycles. The van der Waals surface area contributed by atoms with Crippen LogP contribution in [0, 0.1) is 5.82 Å². The SMILES string of the molecule is CN1CCC(Oc2ccc(OCc3ccccc3NC(=O)/C=C/c3ccc(F)c(OC(=O)C(F)(F)F)c3)cc2)CC1. The van der Waals surface area contributed by atoms with Gasteiger partial charge in [0.1, 0.15) is 24.2 Å². The summed E-state index contributed by atoms with van der Waals surface area (Å²) in [6.45, 7) is 2.18. The molecule has 0 aliphatic carbocycles. The number of hydrogen-bond acceptors (Lipinski definition) is 6. The standard InChI is InChI=1S/C30H28F4N2O5/c1-36-16-14-24(15-17-36)40-23-10-8-22(9-11-23)39-19-21-4-2-3-5-26(21)35-28(37)13-7-20-6-12-25(31)27(18-20)41-29(38)30(32,33)34/h2-13,18,24H,14-17,19H2,1H3,(H,35,37)/b13-7+. The van der Waals surface area contributed by atoms with Gasteiger partial charge in [-0.2, -0.15) is 13.2 Å². The Morgan fingerprint density at radius 1 is 1.00 bits per heavy atom. The topological polar surface area (TPSA) is 77.1 Å². The third kappa shape index (κ3) is 8.81. The van der Waals surface area contributed by atoms with Crippen molar-refractivity contribution < 1.29 is 41.4 Å². The molecule has 0 aromatic heterocycles. The molecule has 0 saturated carbocycles. The Kier molecular flexibility index (Phi) is 9.61. The maximum atomic E-state index is 13.8. The molecule has 4 rings (SSSR count). The highest BCUT2D eigenvalue weighted by Crippen LogP contribution is 2.25. The van der Waals surface area contributed by atoms with E-state index in [0.29, 0.717) is 17.0 Å². The second kappa shape index (κ2) is 13.3. The first-order chi connectivity index (χ1) is 19.6. The molecule has 0 unspecified atom stereocenters. The quantitative estimate of drug-likeness (QED) is 0.147. The van der Waals surface area contributed by atoms with Crippen molar-refractivity contribution in [2.75, 3.05) is 25.5 Å². The Morgan fingerprint density at radius 2 is 1.68 bits per heavy atom. The van der Waals surface area contributed by atoms with Gasteiger partial charge in [-0.3, -0.25) is 4.79 Å². The number of hydrogen-bond donors (Lipinski definition) is 1. The molecular weight excluding hydrogens is 544 g/mol. The van der Waals surface area contributed by atoms with Crippen LogP contribution >= 0.6 is 0 Å². The summed E-state index contributed by atoms with van der Waals surface area (Å²) in [5, 5.41) is 2.72. The fourth-order valence-corrected chi connectivity index (χ4v) is 4.04. The summed E-state index contributed by atoms with van der Waals surface area (Å²) in [4.78, 5) is 25.8. The van der Waals surface area contributed by atoms with Gasteiger partial charge in [0.25, 0.3) is 0 Å². The summed E-state index contributed by atoms with van der Waals surface area (Å²) in [5.41, 5.74) is 1.33. The predicted octanol–water partition coefficient (Wildman–Crippen LogP) is 6.00. The summed E-state index contributed by atoms with van der Waals surface area (Å²) in [6.07, 6.45) is -0.764. The molecule has 0 spiro atoms. The molecule has 7 nitrogen and oxygen atoms in total. The lowest BCUT2D eigenvalue weighted by Gasteiger charge is -2.29. The Balaban J connectivity index is 1.32. The fraction of sp³-hybridized carbons (Fsp3) is 0.267. The van der Waals surface area contributed by atoms with Crippen molar-refractivity contribution in [1.29, 1.82) is 0 Å². The van der Waals surface area contributed by atoms with E-state index in [4.69, 9.17) is 9.47 Å². The first kappa shape index (κ1) is 29.6. The van der Waals surface area contributed by atoms with Crippen LogP contribution in [0.2, 0.25) is 0 Å². The number of piperidine rings is 1. The van der Waals surface area contributed by atoms with Crippen LogP contribution in [0.4, 0.5) is 23.2 Å². The van der Waals surface area contributed by atoms with Gasteiger partial charge in [-0.25, -0.2) is 9.18 Å². The van der Waals surface area contributed by atoms with Crippen molar-refractivity contribution in [2.45, 2.75) is 31.7 Å². The van der Waals surface area contributed by atoms with Crippen LogP contribution in [0.3, 0.4) is 0 Å². The van der Waals surface area contributed by atoms with E-state index in [0.717, 1.165) is 49.9 Å². The number of nitrogens with one attached hydrogen (secondary N) is 1. The zero-order chi connectivity index (χ0) is 29.4. The van der Waals surface area contributed by atoms with Gasteiger partial charge in [0.15, 0.2) is 11.6 Å². The number of alkyl halides is 3. The van der Waals surface area contributed by atoms with Crippen molar-refractivity contribution in [3.63, 3.8) is 0 Å². The molecule has 216 valence electrons. The normalized spacial score (nSPS) is 14.6. The number of likely N-dealkylation sites (tertiary alicyclic amines) is 1. The molecule has 3 aromatic carbocycles. The molecule has 11 heteroatoms. The Bertz CT molecular complexity index is 1380. The van der Waals surface area contributed by atoms with Crippen LogP contribution in [0.5, 0.6) is 17.2 Å². The highest BCUT2D eigenvalue weighted by atomic mass is 19.4. The highest BCUT2D eigenvalue weighted by molar-refractivity contribution is 6.02. The van der Waals surface area contributed by atoms with E-state index < -0.39 is 29.6 Å². The van der Waals surface area contributed by atoms with Crippen LogP contribution in [-0.2, 0) is 16.2 Å². The van der Waals surface area contributed by atoms with Crippen molar-refractivity contribution in [3.8, 4) is 17.2 Å². The van der Waals surface area contributed by atoms with Gasteiger partial charge >= 0.3 is 12.1 Å². The van der Waals surface area contributed by atoms with Crippen molar-refractivity contribution in [1.82, 2.24) is 4.90 Å². The number of ether oxygens (including phenoxy) is 3. The summed E-state index contributed by atoms with van der Waals surface area (Å²) in [6, 6.07) is 17.3. The average molecular weight is 573 g/mol. The molecule has 0 atom stereocenters. The van der Waals surface area contributed by atoms with E-state index >= 15 is 0 Å². The number of carbonyl (C=O) groups is 2. The molecular formula is C30H28F4N2O5. The molecule has 3 aromatic rings. The van der Waals surface area contributed by atoms with Crippen LogP contribution < -0.4 is 19.5 Å². The van der Waals surface area contributed by atoms with Crippen molar-refractivity contribution in [3.05, 3.63) is 89.8 Å². The van der Waals surface area contributed by atoms with Crippen LogP contribution in [-0.4, -0.2) is 49.2 Å². The lowest BCUT2D eigenvalue weighted by atomic mass is 10.1. The first-order valence-corrected chi connectivity index (χ1v) is 12.8. The minimum absolute atomic E-state index is 0.145. The molecule has 1 fully saturated rings. The van der Waals surface area contributed by atoms with Gasteiger partial charge in [0.2, 0.25) is 5.91 Å². The van der Waals surface area contributed by atoms with Crippen molar-refractivity contribution >= 4 is 23.6 Å². The van der Waals surface area contributed by atoms with Crippen LogP contribution in [0.1, 0.15) is 24.0 Å². The van der Waals surface area contributed by atoms with Gasteiger partial charge < -0.3 is 24.4 Å². The second-order valence-electron chi connectivity index (χ2n) is 9.44. The summed E-state index contributed by atoms with van der Waals surface area (Å²) in [5.74, 6) is -3.76. The van der Waals surface area contributed by atoms with E-state index in [2.05, 4.69) is 22.0 Å². The molecule has 41 heavy (non-hydrogen) atoms. The van der Waals surface area contributed by atoms with Gasteiger partial charge in [0.05, 0.1) is 0 Å². The Hall–Kier alpha value is -4.38. The van der Waals surface area contributed by atoms with E-state index in [9.17, 15) is 27.2 Å². The molecule has 1 amide bonds. The monoisotopic (exact) mass is 572 g/mol. The summed E-state index contributed by atoms with van der Waals surface area (Å²) < 4.78 is 67.2. The molecule has 1 N–H and O–H groups in total. The zero-order valence-electron chi connectivity index (χ0n) is 22.1. The van der Waals surface area contributed by atoms with E-state index in [-0.39, 0.29) is 18.3 Å². The summed E-state index contributed by atoms with van der Waals surface area (Å²) >= 11 is 0. The van der Waals surface area contributed by atoms with Gasteiger partial charge in [-0.1, -0.05) is 24.3 Å². The van der Waals surface area contributed by atoms with Crippen molar-refractivity contribution in [2.24, 2.45) is 0 Å². The molecule has 1 aliphatic rings. The minimum Gasteiger partial charge on any atom is -0.490 e. The number of amides is 1. The molecule has 1 saturated heterocycles. The zero-order valence-corrected chi connectivity index (χ0v) is 22.1. The number of benzene rings is 3. The number of halogens is 4. The molecule has 1 aliphatic heterocycles. The van der Waals surface area contributed by atoms with Crippen LogP contribution in [0.25, 0.3) is 6.08 Å². The number of anilines is 1. The summed E-state index contributed by atoms with van der Waals surface area (Å²) in [7, 11) is 2.10. The number of nitrogens with zero attached hydrogens (tertiary/aromatic N) is 1. The minimum atomic E-state index is -5.28. The van der Waals surface area contributed by atoms with Crippen LogP contribution in [0.15, 0.2) is 72.8 Å². The number of para-hydroxylation sites is 1. The maximum absolute atomic E-state index is 13.8. The first-order valence-electron chi connectivity index (χ1n) is 12.8. The van der Waals surface area contributed by atoms with E-state index in [1.807, 2.05) is 24.3 Å². The maximum Gasteiger partial charge on any atom is 0.491 e. The van der Waals surface area contributed by atoms with Gasteiger partial charge in [0, 0.05) is 30.4 Å². The highest BCUT2D eigenvalue weighted by Gasteiger charge is 2.41. The predicted molar refractivity (Wildman–Crippen MR) is 144 cm³/mol. The smallest absolute Gasteiger partial charge is 0.490 e. The lowest BCUT2D eigenvalue weighted by molar-refractivity contribution is -0.189. The van der Waals surface area contributed by atoms with Gasteiger partial charge in [-0.15, -0.1) is 0 Å². The number of carbonyl (C=O) groups excluding carboxylic acids is 2. The Labute approximate surface area is 234 Å². The fourth-order valence-electron chi connectivity index (χ4n) is 4.04. The second-order valence-corrected chi connectivity index (χ2v) is 9.44. The molecule has 0 bridgehead atoms. The van der Waals surface area contributed by atoms with E-state index in [1.165, 1.54) is 12.1 Å². The number of rotatable bonds is 9. The largest absolute Gasteiger partial charge is 0.491 e. The third-order valence-corrected chi connectivity index (χ3v) is 6.28. The van der Waals surface area contributed by atoms with E-state index in [1.54, 1.807) is 24.3 Å². The number of esters is 1.